The number of ether oxygens (including phenoxy) is 1. The highest BCUT2D eigenvalue weighted by molar-refractivity contribution is 5.44. The molecule has 2 rings (SSSR count). The number of hydrogen-bond acceptors (Lipinski definition) is 5. The summed E-state index contributed by atoms with van der Waals surface area (Å²) < 4.78 is 5.42. The van der Waals surface area contributed by atoms with E-state index in [4.69, 9.17) is 4.74 Å². The normalized spacial score (nSPS) is 20.4. The molecule has 0 amide bonds. The fourth-order valence-corrected chi connectivity index (χ4v) is 1.90. The van der Waals surface area contributed by atoms with E-state index in [0.29, 0.717) is 6.04 Å². The van der Waals surface area contributed by atoms with Crippen molar-refractivity contribution in [3.63, 3.8) is 0 Å². The van der Waals surface area contributed by atoms with Gasteiger partial charge >= 0.3 is 0 Å². The standard InChI is InChI=1S/C12H20N4O/c1-3-4-14-11-7-13-8-12(15-11)16-5-6-17-9-10(16)2/h7-8,10H,3-6,9H2,1-2H3,(H,14,15). The number of hydrogen-bond donors (Lipinski definition) is 1. The third-order valence-electron chi connectivity index (χ3n) is 2.84. The van der Waals surface area contributed by atoms with Gasteiger partial charge in [0.05, 0.1) is 31.6 Å². The molecule has 1 aromatic heterocycles. The number of morpholine rings is 1. The van der Waals surface area contributed by atoms with Crippen molar-refractivity contribution in [2.45, 2.75) is 26.3 Å². The van der Waals surface area contributed by atoms with Gasteiger partial charge in [-0.15, -0.1) is 0 Å². The van der Waals surface area contributed by atoms with Crippen LogP contribution >= 0.6 is 0 Å². The van der Waals surface area contributed by atoms with Crippen LogP contribution in [0.3, 0.4) is 0 Å². The van der Waals surface area contributed by atoms with Gasteiger partial charge in [-0.05, 0) is 13.3 Å². The average molecular weight is 236 g/mol. The van der Waals surface area contributed by atoms with E-state index in [1.807, 2.05) is 6.20 Å². The van der Waals surface area contributed by atoms with Crippen molar-refractivity contribution in [2.24, 2.45) is 0 Å². The van der Waals surface area contributed by atoms with Crippen LogP contribution in [0.5, 0.6) is 0 Å². The highest BCUT2D eigenvalue weighted by Crippen LogP contribution is 2.17. The highest BCUT2D eigenvalue weighted by Gasteiger charge is 2.20. The lowest BCUT2D eigenvalue weighted by Crippen LogP contribution is -2.44. The van der Waals surface area contributed by atoms with Crippen molar-refractivity contribution in [1.29, 1.82) is 0 Å². The molecule has 1 aromatic rings. The van der Waals surface area contributed by atoms with E-state index >= 15 is 0 Å². The highest BCUT2D eigenvalue weighted by atomic mass is 16.5. The van der Waals surface area contributed by atoms with E-state index in [2.05, 4.69) is 34.0 Å². The van der Waals surface area contributed by atoms with Gasteiger partial charge in [-0.1, -0.05) is 6.92 Å². The van der Waals surface area contributed by atoms with Crippen molar-refractivity contribution < 1.29 is 4.74 Å². The van der Waals surface area contributed by atoms with Crippen LogP contribution < -0.4 is 10.2 Å². The average Bonchev–Trinajstić information content (AvgIpc) is 2.37. The molecule has 5 heteroatoms. The van der Waals surface area contributed by atoms with Gasteiger partial charge in [0.1, 0.15) is 11.6 Å². The summed E-state index contributed by atoms with van der Waals surface area (Å²) in [6, 6.07) is 0.361. The van der Waals surface area contributed by atoms with Crippen molar-refractivity contribution in [1.82, 2.24) is 9.97 Å². The Morgan fingerprint density at radius 1 is 1.53 bits per heavy atom. The quantitative estimate of drug-likeness (QED) is 0.859. The molecule has 0 spiro atoms. The Bertz CT molecular complexity index is 358. The maximum absolute atomic E-state index is 5.42. The lowest BCUT2D eigenvalue weighted by molar-refractivity contribution is 0.0985. The van der Waals surface area contributed by atoms with Gasteiger partial charge < -0.3 is 15.0 Å². The first kappa shape index (κ1) is 12.1. The summed E-state index contributed by atoms with van der Waals surface area (Å²) in [6.45, 7) is 7.61. The Morgan fingerprint density at radius 3 is 3.18 bits per heavy atom. The van der Waals surface area contributed by atoms with Crippen LogP contribution in [0.1, 0.15) is 20.3 Å². The number of aromatic nitrogens is 2. The molecular formula is C12H20N4O. The molecule has 1 atom stereocenters. The van der Waals surface area contributed by atoms with E-state index in [1.54, 1.807) is 6.20 Å². The lowest BCUT2D eigenvalue weighted by Gasteiger charge is -2.34. The maximum Gasteiger partial charge on any atom is 0.149 e. The van der Waals surface area contributed by atoms with Gasteiger partial charge in [-0.25, -0.2) is 4.98 Å². The third kappa shape index (κ3) is 3.06. The molecule has 1 aliphatic heterocycles. The van der Waals surface area contributed by atoms with Crippen molar-refractivity contribution in [3.8, 4) is 0 Å². The number of rotatable bonds is 4. The monoisotopic (exact) mass is 236 g/mol. The molecule has 0 aromatic carbocycles. The molecule has 94 valence electrons. The van der Waals surface area contributed by atoms with Crippen LogP contribution in [0, 0.1) is 0 Å². The molecule has 2 heterocycles. The molecule has 0 saturated carbocycles. The molecule has 0 bridgehead atoms. The van der Waals surface area contributed by atoms with Crippen LogP contribution in [0.4, 0.5) is 11.6 Å². The number of nitrogens with one attached hydrogen (secondary N) is 1. The molecule has 0 aliphatic carbocycles. The Labute approximate surface area is 102 Å². The van der Waals surface area contributed by atoms with Crippen LogP contribution in [-0.2, 0) is 4.74 Å². The molecule has 0 radical (unpaired) electrons. The summed E-state index contributed by atoms with van der Waals surface area (Å²) in [7, 11) is 0. The first-order valence-corrected chi connectivity index (χ1v) is 6.21. The molecule has 1 fully saturated rings. The van der Waals surface area contributed by atoms with Gasteiger partial charge in [0.2, 0.25) is 0 Å². The minimum atomic E-state index is 0.361. The first-order chi connectivity index (χ1) is 8.31. The summed E-state index contributed by atoms with van der Waals surface area (Å²) in [5.74, 6) is 1.78. The van der Waals surface area contributed by atoms with Gasteiger partial charge in [0.25, 0.3) is 0 Å². The number of nitrogens with zero attached hydrogens (tertiary/aromatic N) is 3. The molecule has 1 aliphatic rings. The Balaban J connectivity index is 2.08. The number of anilines is 2. The van der Waals surface area contributed by atoms with E-state index < -0.39 is 0 Å². The van der Waals surface area contributed by atoms with E-state index in [1.165, 1.54) is 0 Å². The van der Waals surface area contributed by atoms with Crippen molar-refractivity contribution in [2.75, 3.05) is 36.5 Å². The van der Waals surface area contributed by atoms with E-state index in [-0.39, 0.29) is 0 Å². The summed E-state index contributed by atoms with van der Waals surface area (Å²) in [5, 5.41) is 3.26. The largest absolute Gasteiger partial charge is 0.377 e. The summed E-state index contributed by atoms with van der Waals surface area (Å²) in [5.41, 5.74) is 0. The summed E-state index contributed by atoms with van der Waals surface area (Å²) in [4.78, 5) is 11.1. The maximum atomic E-state index is 5.42. The van der Waals surface area contributed by atoms with Gasteiger partial charge in [-0.2, -0.15) is 0 Å². The molecule has 17 heavy (non-hydrogen) atoms. The topological polar surface area (TPSA) is 50.3 Å². The van der Waals surface area contributed by atoms with Gasteiger partial charge in [0, 0.05) is 13.1 Å². The minimum Gasteiger partial charge on any atom is -0.377 e. The smallest absolute Gasteiger partial charge is 0.149 e. The second-order valence-corrected chi connectivity index (χ2v) is 4.31. The first-order valence-electron chi connectivity index (χ1n) is 6.21. The molecule has 1 unspecified atom stereocenters. The Morgan fingerprint density at radius 2 is 2.41 bits per heavy atom. The Kier molecular flexibility index (Phi) is 4.14. The zero-order valence-corrected chi connectivity index (χ0v) is 10.5. The lowest BCUT2D eigenvalue weighted by atomic mass is 10.2. The second kappa shape index (κ2) is 5.82. The van der Waals surface area contributed by atoms with Crippen molar-refractivity contribution >= 4 is 11.6 Å². The zero-order chi connectivity index (χ0) is 12.1. The van der Waals surface area contributed by atoms with Crippen LogP contribution in [-0.4, -0.2) is 42.3 Å². The molecule has 1 N–H and O–H groups in total. The predicted octanol–water partition coefficient (Wildman–Crippen LogP) is 1.52. The van der Waals surface area contributed by atoms with Crippen LogP contribution in [0.15, 0.2) is 12.4 Å². The zero-order valence-electron chi connectivity index (χ0n) is 10.5. The van der Waals surface area contributed by atoms with Gasteiger partial charge in [0.15, 0.2) is 0 Å². The van der Waals surface area contributed by atoms with E-state index in [0.717, 1.165) is 44.4 Å². The SMILES string of the molecule is CCCNc1cncc(N2CCOCC2C)n1. The fraction of sp³-hybridized carbons (Fsp3) is 0.667. The minimum absolute atomic E-state index is 0.361. The van der Waals surface area contributed by atoms with Crippen LogP contribution in [0.25, 0.3) is 0 Å². The summed E-state index contributed by atoms with van der Waals surface area (Å²) >= 11 is 0. The Hall–Kier alpha value is -1.36. The molecular weight excluding hydrogens is 216 g/mol. The van der Waals surface area contributed by atoms with Crippen molar-refractivity contribution in [3.05, 3.63) is 12.4 Å². The fourth-order valence-electron chi connectivity index (χ4n) is 1.90. The van der Waals surface area contributed by atoms with Crippen LogP contribution in [0.2, 0.25) is 0 Å². The molecule has 5 nitrogen and oxygen atoms in total. The summed E-state index contributed by atoms with van der Waals surface area (Å²) in [6.07, 6.45) is 4.67. The third-order valence-corrected chi connectivity index (χ3v) is 2.84. The predicted molar refractivity (Wildman–Crippen MR) is 68.4 cm³/mol. The van der Waals surface area contributed by atoms with Gasteiger partial charge in [-0.3, -0.25) is 4.98 Å². The molecule has 1 saturated heterocycles. The van der Waals surface area contributed by atoms with E-state index in [9.17, 15) is 0 Å². The second-order valence-electron chi connectivity index (χ2n) is 4.31.